The van der Waals surface area contributed by atoms with E-state index in [1.165, 1.54) is 50.5 Å². The molecule has 0 saturated heterocycles. The molecule has 2 N–H and O–H groups in total. The number of hydrogen-bond donors (Lipinski definition) is 2. The maximum atomic E-state index is 11.2. The second kappa shape index (κ2) is 7.38. The van der Waals surface area contributed by atoms with Crippen LogP contribution in [-0.4, -0.2) is 21.9 Å². The molecule has 0 bridgehead atoms. The normalized spacial score (nSPS) is 47.7. The minimum atomic E-state index is -0.419. The molecule has 1 aromatic carbocycles. The van der Waals surface area contributed by atoms with Crippen LogP contribution in [0, 0.1) is 40.9 Å². The SMILES string of the molecule is CC1(O)CCC2C(CCC3C2CCC2(C)C(C(O)Cc4ccccc4)CCC32)C1. The lowest BCUT2D eigenvalue weighted by Gasteiger charge is -2.57. The standard InChI is InChI=1S/C27H40O2/c1-26(29)14-12-20-19(17-26)8-9-22-21(20)13-15-27(2)23(22)10-11-24(27)25(28)16-18-6-4-3-5-7-18/h3-7,19-25,28-29H,8-17H2,1-2H3. The summed E-state index contributed by atoms with van der Waals surface area (Å²) in [5, 5.41) is 21.8. The van der Waals surface area contributed by atoms with Gasteiger partial charge in [0.05, 0.1) is 11.7 Å². The van der Waals surface area contributed by atoms with Crippen LogP contribution >= 0.6 is 0 Å². The first kappa shape index (κ1) is 20.1. The molecule has 9 unspecified atom stereocenters. The van der Waals surface area contributed by atoms with Crippen molar-refractivity contribution in [3.63, 3.8) is 0 Å². The molecular weight excluding hydrogens is 356 g/mol. The Hall–Kier alpha value is -0.860. The Morgan fingerprint density at radius 2 is 1.66 bits per heavy atom. The largest absolute Gasteiger partial charge is 0.392 e. The molecule has 0 heterocycles. The van der Waals surface area contributed by atoms with E-state index in [1.54, 1.807) is 0 Å². The molecule has 5 rings (SSSR count). The first-order chi connectivity index (χ1) is 13.9. The molecule has 4 aliphatic rings. The fourth-order valence-corrected chi connectivity index (χ4v) is 8.75. The molecule has 160 valence electrons. The molecule has 4 saturated carbocycles. The van der Waals surface area contributed by atoms with Gasteiger partial charge < -0.3 is 10.2 Å². The van der Waals surface area contributed by atoms with Crippen LogP contribution in [-0.2, 0) is 6.42 Å². The Labute approximate surface area is 177 Å². The molecule has 2 nitrogen and oxygen atoms in total. The van der Waals surface area contributed by atoms with Crippen LogP contribution in [0.25, 0.3) is 0 Å². The highest BCUT2D eigenvalue weighted by atomic mass is 16.3. The highest BCUT2D eigenvalue weighted by Crippen LogP contribution is 2.65. The third kappa shape index (κ3) is 3.49. The maximum Gasteiger partial charge on any atom is 0.0622 e. The molecule has 0 aliphatic heterocycles. The molecule has 0 radical (unpaired) electrons. The molecule has 0 amide bonds. The third-order valence-corrected chi connectivity index (χ3v) is 10.1. The fourth-order valence-electron chi connectivity index (χ4n) is 8.75. The zero-order chi connectivity index (χ0) is 20.2. The average molecular weight is 397 g/mol. The second-order valence-corrected chi connectivity index (χ2v) is 11.7. The summed E-state index contributed by atoms with van der Waals surface area (Å²) < 4.78 is 0. The van der Waals surface area contributed by atoms with E-state index < -0.39 is 5.60 Å². The maximum absolute atomic E-state index is 11.2. The van der Waals surface area contributed by atoms with Gasteiger partial charge in [0.25, 0.3) is 0 Å². The third-order valence-electron chi connectivity index (χ3n) is 10.1. The van der Waals surface area contributed by atoms with Gasteiger partial charge in [-0.25, -0.2) is 0 Å². The number of aliphatic hydroxyl groups is 2. The van der Waals surface area contributed by atoms with E-state index in [-0.39, 0.29) is 6.10 Å². The van der Waals surface area contributed by atoms with Crippen LogP contribution in [0.2, 0.25) is 0 Å². The Kier molecular flexibility index (Phi) is 5.10. The topological polar surface area (TPSA) is 40.5 Å². The van der Waals surface area contributed by atoms with Crippen LogP contribution < -0.4 is 0 Å². The number of benzene rings is 1. The van der Waals surface area contributed by atoms with Crippen LogP contribution in [0.5, 0.6) is 0 Å². The smallest absolute Gasteiger partial charge is 0.0622 e. The van der Waals surface area contributed by atoms with Crippen molar-refractivity contribution in [3.05, 3.63) is 35.9 Å². The van der Waals surface area contributed by atoms with Gasteiger partial charge in [-0.15, -0.1) is 0 Å². The number of rotatable bonds is 3. The van der Waals surface area contributed by atoms with Gasteiger partial charge >= 0.3 is 0 Å². The monoisotopic (exact) mass is 396 g/mol. The summed E-state index contributed by atoms with van der Waals surface area (Å²) in [6.07, 6.45) is 11.7. The Morgan fingerprint density at radius 1 is 0.897 bits per heavy atom. The van der Waals surface area contributed by atoms with Crippen molar-refractivity contribution >= 4 is 0 Å². The molecule has 29 heavy (non-hydrogen) atoms. The second-order valence-electron chi connectivity index (χ2n) is 11.7. The van der Waals surface area contributed by atoms with E-state index >= 15 is 0 Å². The van der Waals surface area contributed by atoms with Gasteiger partial charge in [0.1, 0.15) is 0 Å². The van der Waals surface area contributed by atoms with Crippen molar-refractivity contribution in [2.45, 2.75) is 89.8 Å². The number of aliphatic hydroxyl groups excluding tert-OH is 1. The summed E-state index contributed by atoms with van der Waals surface area (Å²) in [5.41, 5.74) is 1.18. The van der Waals surface area contributed by atoms with Crippen molar-refractivity contribution < 1.29 is 10.2 Å². The predicted molar refractivity (Wildman–Crippen MR) is 117 cm³/mol. The quantitative estimate of drug-likeness (QED) is 0.697. The lowest BCUT2D eigenvalue weighted by atomic mass is 9.49. The van der Waals surface area contributed by atoms with Gasteiger partial charge in [-0.1, -0.05) is 37.3 Å². The van der Waals surface area contributed by atoms with E-state index in [4.69, 9.17) is 0 Å². The first-order valence-electron chi connectivity index (χ1n) is 12.3. The molecule has 9 atom stereocenters. The van der Waals surface area contributed by atoms with Crippen molar-refractivity contribution in [2.75, 3.05) is 0 Å². The molecule has 2 heteroatoms. The lowest BCUT2D eigenvalue weighted by Crippen LogP contribution is -2.51. The van der Waals surface area contributed by atoms with Crippen molar-refractivity contribution in [2.24, 2.45) is 40.9 Å². The Morgan fingerprint density at radius 3 is 2.45 bits per heavy atom. The summed E-state index contributed by atoms with van der Waals surface area (Å²) in [4.78, 5) is 0. The van der Waals surface area contributed by atoms with Gasteiger partial charge in [-0.3, -0.25) is 0 Å². The lowest BCUT2D eigenvalue weighted by molar-refractivity contribution is -0.107. The minimum absolute atomic E-state index is 0.204. The van der Waals surface area contributed by atoms with E-state index in [9.17, 15) is 10.2 Å². The highest BCUT2D eigenvalue weighted by molar-refractivity contribution is 5.17. The van der Waals surface area contributed by atoms with Gasteiger partial charge in [0, 0.05) is 0 Å². The van der Waals surface area contributed by atoms with Crippen molar-refractivity contribution in [1.82, 2.24) is 0 Å². The van der Waals surface area contributed by atoms with E-state index in [0.717, 1.165) is 48.9 Å². The first-order valence-corrected chi connectivity index (χ1v) is 12.3. The number of fused-ring (bicyclic) bond motifs is 5. The molecule has 4 aliphatic carbocycles. The minimum Gasteiger partial charge on any atom is -0.392 e. The van der Waals surface area contributed by atoms with Gasteiger partial charge in [0.15, 0.2) is 0 Å². The van der Waals surface area contributed by atoms with Crippen molar-refractivity contribution in [3.8, 4) is 0 Å². The average Bonchev–Trinajstić information content (AvgIpc) is 3.05. The van der Waals surface area contributed by atoms with Crippen LogP contribution in [0.1, 0.15) is 77.2 Å². The van der Waals surface area contributed by atoms with Crippen molar-refractivity contribution in [1.29, 1.82) is 0 Å². The molecular formula is C27H40O2. The number of hydrogen-bond acceptors (Lipinski definition) is 2. The van der Waals surface area contributed by atoms with Gasteiger partial charge in [-0.2, -0.15) is 0 Å². The molecule has 0 spiro atoms. The summed E-state index contributed by atoms with van der Waals surface area (Å²) in [5.74, 6) is 4.62. The molecule has 0 aromatic heterocycles. The predicted octanol–water partition coefficient (Wildman–Crippen LogP) is 5.61. The molecule has 4 fully saturated rings. The van der Waals surface area contributed by atoms with E-state index in [1.807, 2.05) is 0 Å². The van der Waals surface area contributed by atoms with Crippen LogP contribution in [0.15, 0.2) is 30.3 Å². The van der Waals surface area contributed by atoms with Crippen LogP contribution in [0.3, 0.4) is 0 Å². The summed E-state index contributed by atoms with van der Waals surface area (Å²) in [6.45, 7) is 4.58. The highest BCUT2D eigenvalue weighted by Gasteiger charge is 2.58. The summed E-state index contributed by atoms with van der Waals surface area (Å²) >= 11 is 0. The van der Waals surface area contributed by atoms with Gasteiger partial charge in [-0.05, 0) is 118 Å². The van der Waals surface area contributed by atoms with E-state index in [0.29, 0.717) is 11.3 Å². The summed E-state index contributed by atoms with van der Waals surface area (Å²) in [7, 11) is 0. The Balaban J connectivity index is 1.31. The zero-order valence-electron chi connectivity index (χ0n) is 18.4. The van der Waals surface area contributed by atoms with Crippen LogP contribution in [0.4, 0.5) is 0 Å². The van der Waals surface area contributed by atoms with E-state index in [2.05, 4.69) is 44.2 Å². The Bertz CT molecular complexity index is 713. The van der Waals surface area contributed by atoms with Gasteiger partial charge in [0.2, 0.25) is 0 Å². The fraction of sp³-hybridized carbons (Fsp3) is 0.778. The molecule has 1 aromatic rings. The summed E-state index contributed by atoms with van der Waals surface area (Å²) in [6, 6.07) is 10.6. The zero-order valence-corrected chi connectivity index (χ0v) is 18.4.